The molecule has 1 N–H and O–H groups in total. The lowest BCUT2D eigenvalue weighted by Gasteiger charge is -2.53. The predicted octanol–water partition coefficient (Wildman–Crippen LogP) is 6.05. The van der Waals surface area contributed by atoms with Crippen LogP contribution in [0.5, 0.6) is 0 Å². The molecule has 0 unspecified atom stereocenters. The molecule has 3 atom stereocenters. The number of hydrogen-bond donors (Lipinski definition) is 1. The van der Waals surface area contributed by atoms with Crippen LogP contribution in [0.3, 0.4) is 0 Å². The number of hydrogen-bond acceptors (Lipinski definition) is 3. The molecule has 162 valence electrons. The van der Waals surface area contributed by atoms with E-state index in [9.17, 15) is 5.11 Å². The van der Waals surface area contributed by atoms with Crippen molar-refractivity contribution in [2.45, 2.75) is 64.1 Å². The molecule has 2 aliphatic rings. The highest BCUT2D eigenvalue weighted by atomic mass is 35.5. The molecular weight excluding hydrogens is 392 g/mol. The predicted molar refractivity (Wildman–Crippen MR) is 126 cm³/mol. The van der Waals surface area contributed by atoms with Gasteiger partial charge in [0.2, 0.25) is 0 Å². The Morgan fingerprint density at radius 2 is 1.77 bits per heavy atom. The SMILES string of the molecule is CCN(CC)c1ccc([C@@H]2[C@@H]3CCCC[C@]3(O)CCN2Cc2ccccc2Cl)cc1. The first kappa shape index (κ1) is 21.7. The number of fused-ring (bicyclic) bond motifs is 1. The van der Waals surface area contributed by atoms with E-state index in [1.54, 1.807) is 0 Å². The molecule has 1 heterocycles. The van der Waals surface area contributed by atoms with Crippen LogP contribution in [0.1, 0.15) is 63.1 Å². The minimum absolute atomic E-state index is 0.228. The van der Waals surface area contributed by atoms with E-state index in [1.807, 2.05) is 12.1 Å². The van der Waals surface area contributed by atoms with Crippen LogP contribution in [0.25, 0.3) is 0 Å². The van der Waals surface area contributed by atoms with Gasteiger partial charge in [-0.15, -0.1) is 0 Å². The Bertz CT molecular complexity index is 835. The third-order valence-corrected chi connectivity index (χ3v) is 7.73. The fraction of sp³-hybridized carbons (Fsp3) is 0.538. The Kier molecular flexibility index (Phi) is 6.72. The quantitative estimate of drug-likeness (QED) is 0.608. The number of aliphatic hydroxyl groups is 1. The third kappa shape index (κ3) is 4.26. The van der Waals surface area contributed by atoms with Crippen LogP contribution >= 0.6 is 11.6 Å². The number of benzene rings is 2. The Labute approximate surface area is 186 Å². The molecule has 3 nitrogen and oxygen atoms in total. The molecule has 1 aliphatic carbocycles. The normalized spacial score (nSPS) is 26.9. The fourth-order valence-electron chi connectivity index (χ4n) is 5.68. The van der Waals surface area contributed by atoms with Crippen LogP contribution < -0.4 is 4.90 Å². The second-order valence-corrected chi connectivity index (χ2v) is 9.38. The lowest BCUT2D eigenvalue weighted by atomic mass is 9.66. The first-order valence-corrected chi connectivity index (χ1v) is 12.0. The zero-order valence-electron chi connectivity index (χ0n) is 18.4. The van der Waals surface area contributed by atoms with Crippen LogP contribution in [-0.2, 0) is 6.54 Å². The topological polar surface area (TPSA) is 26.7 Å². The summed E-state index contributed by atoms with van der Waals surface area (Å²) in [5.74, 6) is 0.279. The third-order valence-electron chi connectivity index (χ3n) is 7.37. The summed E-state index contributed by atoms with van der Waals surface area (Å²) in [7, 11) is 0. The summed E-state index contributed by atoms with van der Waals surface area (Å²) >= 11 is 6.51. The molecule has 1 saturated carbocycles. The standard InChI is InChI=1S/C26H35ClN2O/c1-3-28(4-2)22-14-12-20(13-15-22)25-23-10-7-8-16-26(23,30)17-18-29(25)19-21-9-5-6-11-24(21)27/h5-6,9,11-15,23,25,30H,3-4,7-8,10,16-19H2,1-2H3/t23-,25+,26-/m0/s1. The Morgan fingerprint density at radius 1 is 1.03 bits per heavy atom. The number of anilines is 1. The van der Waals surface area contributed by atoms with Crippen molar-refractivity contribution in [2.75, 3.05) is 24.5 Å². The van der Waals surface area contributed by atoms with E-state index in [0.717, 1.165) is 56.9 Å². The van der Waals surface area contributed by atoms with Crippen molar-refractivity contribution in [3.05, 3.63) is 64.7 Å². The van der Waals surface area contributed by atoms with Gasteiger partial charge in [-0.2, -0.15) is 0 Å². The van der Waals surface area contributed by atoms with E-state index >= 15 is 0 Å². The molecule has 1 saturated heterocycles. The van der Waals surface area contributed by atoms with E-state index in [4.69, 9.17) is 11.6 Å². The van der Waals surface area contributed by atoms with Gasteiger partial charge in [-0.05, 0) is 62.4 Å². The number of nitrogens with zero attached hydrogens (tertiary/aromatic N) is 2. The minimum Gasteiger partial charge on any atom is -0.389 e. The highest BCUT2D eigenvalue weighted by molar-refractivity contribution is 6.31. The first-order chi connectivity index (χ1) is 14.6. The highest BCUT2D eigenvalue weighted by Gasteiger charge is 2.48. The molecular formula is C26H35ClN2O. The summed E-state index contributed by atoms with van der Waals surface area (Å²) < 4.78 is 0. The molecule has 2 aromatic rings. The van der Waals surface area contributed by atoms with E-state index in [1.165, 1.54) is 23.2 Å². The molecule has 4 heteroatoms. The maximum absolute atomic E-state index is 11.5. The molecule has 4 rings (SSSR count). The van der Waals surface area contributed by atoms with Gasteiger partial charge >= 0.3 is 0 Å². The van der Waals surface area contributed by atoms with Gasteiger partial charge in [0.1, 0.15) is 0 Å². The van der Waals surface area contributed by atoms with Crippen LogP contribution in [0, 0.1) is 5.92 Å². The largest absolute Gasteiger partial charge is 0.389 e. The lowest BCUT2D eigenvalue weighted by Crippen LogP contribution is -2.54. The minimum atomic E-state index is -0.530. The summed E-state index contributed by atoms with van der Waals surface area (Å²) in [5.41, 5.74) is 3.24. The monoisotopic (exact) mass is 426 g/mol. The molecule has 1 aliphatic heterocycles. The van der Waals surface area contributed by atoms with Crippen molar-refractivity contribution in [1.82, 2.24) is 4.90 Å². The van der Waals surface area contributed by atoms with Gasteiger partial charge in [-0.3, -0.25) is 4.90 Å². The molecule has 0 spiro atoms. The van der Waals surface area contributed by atoms with Gasteiger partial charge in [-0.25, -0.2) is 0 Å². The van der Waals surface area contributed by atoms with Crippen LogP contribution in [0.4, 0.5) is 5.69 Å². The summed E-state index contributed by atoms with van der Waals surface area (Å²) in [6, 6.07) is 17.5. The molecule has 2 aromatic carbocycles. The maximum atomic E-state index is 11.5. The summed E-state index contributed by atoms with van der Waals surface area (Å²) in [4.78, 5) is 4.93. The summed E-state index contributed by atoms with van der Waals surface area (Å²) in [6.45, 7) is 8.16. The van der Waals surface area contributed by atoms with Gasteiger partial charge in [-0.1, -0.05) is 54.8 Å². The summed E-state index contributed by atoms with van der Waals surface area (Å²) in [5, 5.41) is 12.4. The number of likely N-dealkylation sites (tertiary alicyclic amines) is 1. The van der Waals surface area contributed by atoms with Crippen LogP contribution in [0.2, 0.25) is 5.02 Å². The van der Waals surface area contributed by atoms with Gasteiger partial charge in [0, 0.05) is 48.8 Å². The molecule has 30 heavy (non-hydrogen) atoms. The Hall–Kier alpha value is -1.55. The Morgan fingerprint density at radius 3 is 2.47 bits per heavy atom. The van der Waals surface area contributed by atoms with Crippen molar-refractivity contribution in [3.8, 4) is 0 Å². The molecule has 0 radical (unpaired) electrons. The molecule has 0 bridgehead atoms. The first-order valence-electron chi connectivity index (χ1n) is 11.6. The van der Waals surface area contributed by atoms with Crippen LogP contribution in [0.15, 0.2) is 48.5 Å². The smallest absolute Gasteiger partial charge is 0.0706 e. The zero-order chi connectivity index (χ0) is 21.1. The van der Waals surface area contributed by atoms with Crippen molar-refractivity contribution in [2.24, 2.45) is 5.92 Å². The van der Waals surface area contributed by atoms with Gasteiger partial charge in [0.15, 0.2) is 0 Å². The van der Waals surface area contributed by atoms with E-state index in [0.29, 0.717) is 0 Å². The average molecular weight is 427 g/mol. The van der Waals surface area contributed by atoms with E-state index < -0.39 is 5.60 Å². The summed E-state index contributed by atoms with van der Waals surface area (Å²) in [6.07, 6.45) is 5.24. The Balaban J connectivity index is 1.67. The van der Waals surface area contributed by atoms with Crippen molar-refractivity contribution >= 4 is 17.3 Å². The average Bonchev–Trinajstić information content (AvgIpc) is 2.77. The highest BCUT2D eigenvalue weighted by Crippen LogP contribution is 2.49. The molecule has 2 fully saturated rings. The lowest BCUT2D eigenvalue weighted by molar-refractivity contribution is -0.126. The number of piperidine rings is 1. The second-order valence-electron chi connectivity index (χ2n) is 8.98. The fourth-order valence-corrected chi connectivity index (χ4v) is 5.87. The van der Waals surface area contributed by atoms with E-state index in [2.05, 4.69) is 60.0 Å². The number of halogens is 1. The second kappa shape index (κ2) is 9.30. The van der Waals surface area contributed by atoms with Crippen molar-refractivity contribution in [1.29, 1.82) is 0 Å². The zero-order valence-corrected chi connectivity index (χ0v) is 19.1. The van der Waals surface area contributed by atoms with Gasteiger partial charge in [0.25, 0.3) is 0 Å². The van der Waals surface area contributed by atoms with Gasteiger partial charge < -0.3 is 10.0 Å². The maximum Gasteiger partial charge on any atom is 0.0706 e. The van der Waals surface area contributed by atoms with E-state index in [-0.39, 0.29) is 12.0 Å². The number of rotatable bonds is 6. The molecule has 0 aromatic heterocycles. The van der Waals surface area contributed by atoms with Crippen molar-refractivity contribution < 1.29 is 5.11 Å². The van der Waals surface area contributed by atoms with Crippen molar-refractivity contribution in [3.63, 3.8) is 0 Å². The molecule has 0 amide bonds. The van der Waals surface area contributed by atoms with Crippen LogP contribution in [-0.4, -0.2) is 35.2 Å². The van der Waals surface area contributed by atoms with Gasteiger partial charge in [0.05, 0.1) is 5.60 Å².